The van der Waals surface area contributed by atoms with Crippen LogP contribution in [0.1, 0.15) is 23.3 Å². The van der Waals surface area contributed by atoms with Crippen molar-refractivity contribution < 1.29 is 19.1 Å². The zero-order valence-electron chi connectivity index (χ0n) is 16.1. The second-order valence-electron chi connectivity index (χ2n) is 7.61. The molecule has 9 heteroatoms. The number of benzene rings is 1. The molecule has 1 aliphatic carbocycles. The van der Waals surface area contributed by atoms with E-state index < -0.39 is 6.10 Å². The van der Waals surface area contributed by atoms with Crippen LogP contribution in [0.4, 0.5) is 4.39 Å². The molecule has 0 radical (unpaired) electrons. The van der Waals surface area contributed by atoms with Gasteiger partial charge in [0.25, 0.3) is 5.91 Å². The summed E-state index contributed by atoms with van der Waals surface area (Å²) in [5.74, 6) is -0.648. The SMILES string of the molecule is CN(C(=O)c1cc(-c2ccc(F)cc2)n[nH]1)[C@@H]1CC[C@@H](N2CCNC(=O)C2)[C@@H]1O. The topological polar surface area (TPSA) is 102 Å². The van der Waals surface area contributed by atoms with E-state index >= 15 is 0 Å². The van der Waals surface area contributed by atoms with E-state index in [-0.39, 0.29) is 36.3 Å². The second kappa shape index (κ2) is 7.92. The molecule has 0 spiro atoms. The number of carbonyl (C=O) groups is 2. The number of aromatic amines is 1. The van der Waals surface area contributed by atoms with Gasteiger partial charge in [0.1, 0.15) is 11.5 Å². The number of rotatable bonds is 4. The zero-order valence-corrected chi connectivity index (χ0v) is 16.1. The maximum atomic E-state index is 13.1. The molecule has 2 aliphatic rings. The number of aromatic nitrogens is 2. The van der Waals surface area contributed by atoms with Crippen molar-refractivity contribution in [2.45, 2.75) is 31.0 Å². The Morgan fingerprint density at radius 1 is 1.31 bits per heavy atom. The summed E-state index contributed by atoms with van der Waals surface area (Å²) in [5, 5.41) is 20.5. The number of amides is 2. The molecule has 1 aromatic heterocycles. The lowest BCUT2D eigenvalue weighted by molar-refractivity contribution is -0.125. The molecule has 0 unspecified atom stereocenters. The van der Waals surface area contributed by atoms with Gasteiger partial charge in [0.05, 0.1) is 24.4 Å². The number of piperazine rings is 1. The summed E-state index contributed by atoms with van der Waals surface area (Å²) >= 11 is 0. The number of likely N-dealkylation sites (N-methyl/N-ethyl adjacent to an activating group) is 1. The van der Waals surface area contributed by atoms with Crippen molar-refractivity contribution in [2.24, 2.45) is 0 Å². The Balaban J connectivity index is 1.44. The number of hydrogen-bond donors (Lipinski definition) is 3. The van der Waals surface area contributed by atoms with Crippen molar-refractivity contribution in [3.8, 4) is 11.3 Å². The van der Waals surface area contributed by atoms with Crippen molar-refractivity contribution in [1.82, 2.24) is 25.3 Å². The fraction of sp³-hybridized carbons (Fsp3) is 0.450. The first-order valence-electron chi connectivity index (χ1n) is 9.71. The van der Waals surface area contributed by atoms with Gasteiger partial charge in [0.15, 0.2) is 0 Å². The van der Waals surface area contributed by atoms with Gasteiger partial charge in [-0.15, -0.1) is 0 Å². The van der Waals surface area contributed by atoms with Crippen LogP contribution in [0.15, 0.2) is 30.3 Å². The van der Waals surface area contributed by atoms with Crippen LogP contribution in [0.5, 0.6) is 0 Å². The standard InChI is InChI=1S/C20H24FN5O3/c1-25(16-6-7-17(19(16)28)26-9-8-22-18(27)11-26)20(29)15-10-14(23-24-15)12-2-4-13(21)5-3-12/h2-5,10,16-17,19,28H,6-9,11H2,1H3,(H,22,27)(H,23,24)/t16-,17-,19-/m1/s1. The highest BCUT2D eigenvalue weighted by Gasteiger charge is 2.42. The molecule has 1 aliphatic heterocycles. The Morgan fingerprint density at radius 3 is 2.79 bits per heavy atom. The van der Waals surface area contributed by atoms with E-state index in [1.54, 1.807) is 25.2 Å². The first kappa shape index (κ1) is 19.5. The van der Waals surface area contributed by atoms with Crippen LogP contribution in [0, 0.1) is 5.82 Å². The molecule has 2 fully saturated rings. The third-order valence-corrected chi connectivity index (χ3v) is 5.85. The van der Waals surface area contributed by atoms with Crippen LogP contribution in [0.3, 0.4) is 0 Å². The minimum atomic E-state index is -0.727. The number of H-pyrrole nitrogens is 1. The molecule has 8 nitrogen and oxygen atoms in total. The molecule has 1 saturated carbocycles. The van der Waals surface area contributed by atoms with E-state index in [1.807, 2.05) is 4.90 Å². The quantitative estimate of drug-likeness (QED) is 0.697. The first-order chi connectivity index (χ1) is 13.9. The molecule has 29 heavy (non-hydrogen) atoms. The van der Waals surface area contributed by atoms with Gasteiger partial charge in [-0.25, -0.2) is 4.39 Å². The summed E-state index contributed by atoms with van der Waals surface area (Å²) in [5.41, 5.74) is 1.56. The molecule has 2 aromatic rings. The maximum Gasteiger partial charge on any atom is 0.271 e. The summed E-state index contributed by atoms with van der Waals surface area (Å²) in [7, 11) is 1.67. The van der Waals surface area contributed by atoms with E-state index in [9.17, 15) is 19.1 Å². The Hall–Kier alpha value is -2.78. The molecular formula is C20H24FN5O3. The molecule has 4 rings (SSSR count). The highest BCUT2D eigenvalue weighted by atomic mass is 19.1. The van der Waals surface area contributed by atoms with Crippen LogP contribution in [-0.2, 0) is 4.79 Å². The summed E-state index contributed by atoms with van der Waals surface area (Å²) < 4.78 is 13.1. The summed E-state index contributed by atoms with van der Waals surface area (Å²) in [6.07, 6.45) is 0.653. The van der Waals surface area contributed by atoms with Gasteiger partial charge >= 0.3 is 0 Å². The molecule has 3 N–H and O–H groups in total. The van der Waals surface area contributed by atoms with Crippen molar-refractivity contribution in [3.63, 3.8) is 0 Å². The maximum absolute atomic E-state index is 13.1. The van der Waals surface area contributed by atoms with Crippen molar-refractivity contribution >= 4 is 11.8 Å². The minimum Gasteiger partial charge on any atom is -0.389 e. The second-order valence-corrected chi connectivity index (χ2v) is 7.61. The Bertz CT molecular complexity index is 900. The number of hydrogen-bond acceptors (Lipinski definition) is 5. The lowest BCUT2D eigenvalue weighted by Gasteiger charge is -2.35. The van der Waals surface area contributed by atoms with Gasteiger partial charge in [0.2, 0.25) is 5.91 Å². The molecule has 1 aromatic carbocycles. The highest BCUT2D eigenvalue weighted by molar-refractivity contribution is 5.93. The lowest BCUT2D eigenvalue weighted by atomic mass is 10.1. The van der Waals surface area contributed by atoms with Crippen LogP contribution >= 0.6 is 0 Å². The molecule has 1 saturated heterocycles. The summed E-state index contributed by atoms with van der Waals surface area (Å²) in [6, 6.07) is 7.03. The molecule has 154 valence electrons. The summed E-state index contributed by atoms with van der Waals surface area (Å²) in [4.78, 5) is 28.1. The number of aliphatic hydroxyl groups excluding tert-OH is 1. The van der Waals surface area contributed by atoms with Gasteiger partial charge in [-0.3, -0.25) is 19.6 Å². The number of nitrogens with one attached hydrogen (secondary N) is 2. The Labute approximate surface area is 167 Å². The fourth-order valence-corrected chi connectivity index (χ4v) is 4.24. The zero-order chi connectivity index (χ0) is 20.5. The van der Waals surface area contributed by atoms with E-state index in [2.05, 4.69) is 15.5 Å². The van der Waals surface area contributed by atoms with Gasteiger partial charge in [-0.1, -0.05) is 0 Å². The lowest BCUT2D eigenvalue weighted by Crippen LogP contribution is -2.55. The molecule has 3 atom stereocenters. The van der Waals surface area contributed by atoms with Gasteiger partial charge in [-0.05, 0) is 43.2 Å². The first-order valence-corrected chi connectivity index (χ1v) is 9.71. The van der Waals surface area contributed by atoms with Gasteiger partial charge < -0.3 is 15.3 Å². The predicted molar refractivity (Wildman–Crippen MR) is 103 cm³/mol. The van der Waals surface area contributed by atoms with E-state index in [1.165, 1.54) is 17.0 Å². The minimum absolute atomic E-state index is 0.0397. The van der Waals surface area contributed by atoms with E-state index in [0.717, 1.165) is 6.42 Å². The average Bonchev–Trinajstić information content (AvgIpc) is 3.35. The van der Waals surface area contributed by atoms with Crippen LogP contribution in [0.25, 0.3) is 11.3 Å². The Kier molecular flexibility index (Phi) is 5.33. The predicted octanol–water partition coefficient (Wildman–Crippen LogP) is 0.611. The van der Waals surface area contributed by atoms with Crippen molar-refractivity contribution in [2.75, 3.05) is 26.7 Å². The van der Waals surface area contributed by atoms with Gasteiger partial charge in [0, 0.05) is 31.7 Å². The van der Waals surface area contributed by atoms with E-state index in [4.69, 9.17) is 0 Å². The Morgan fingerprint density at radius 2 is 2.07 bits per heavy atom. The fourth-order valence-electron chi connectivity index (χ4n) is 4.24. The number of carbonyl (C=O) groups excluding carboxylic acids is 2. The van der Waals surface area contributed by atoms with Crippen LogP contribution in [0.2, 0.25) is 0 Å². The number of halogens is 1. The average molecular weight is 401 g/mol. The van der Waals surface area contributed by atoms with Gasteiger partial charge in [-0.2, -0.15) is 5.10 Å². The molecule has 2 heterocycles. The molecular weight excluding hydrogens is 377 g/mol. The third kappa shape index (κ3) is 3.88. The normalized spacial score (nSPS) is 25.1. The van der Waals surface area contributed by atoms with Crippen LogP contribution < -0.4 is 5.32 Å². The summed E-state index contributed by atoms with van der Waals surface area (Å²) in [6.45, 7) is 1.54. The van der Waals surface area contributed by atoms with Crippen LogP contribution in [-0.4, -0.2) is 81.8 Å². The molecule has 2 amide bonds. The smallest absolute Gasteiger partial charge is 0.271 e. The third-order valence-electron chi connectivity index (χ3n) is 5.85. The monoisotopic (exact) mass is 401 g/mol. The largest absolute Gasteiger partial charge is 0.389 e. The van der Waals surface area contributed by atoms with Crippen molar-refractivity contribution in [1.29, 1.82) is 0 Å². The number of nitrogens with zero attached hydrogens (tertiary/aromatic N) is 3. The van der Waals surface area contributed by atoms with Crippen molar-refractivity contribution in [3.05, 3.63) is 41.8 Å². The van der Waals surface area contributed by atoms with E-state index in [0.29, 0.717) is 36.5 Å². The molecule has 0 bridgehead atoms. The highest BCUT2D eigenvalue weighted by Crippen LogP contribution is 2.29. The number of aliphatic hydroxyl groups is 1.